The van der Waals surface area contributed by atoms with Crippen molar-refractivity contribution >= 4 is 60.9 Å². The monoisotopic (exact) mass is 1300 g/mol. The molecule has 0 N–H and O–H groups in total. The average molecular weight is 1300 g/mol. The van der Waals surface area contributed by atoms with Crippen molar-refractivity contribution < 1.29 is 8.83 Å². The quantitative estimate of drug-likeness (QED) is 0.0438. The highest BCUT2D eigenvalue weighted by atomic mass is 16.3. The van der Waals surface area contributed by atoms with Crippen molar-refractivity contribution in [3.63, 3.8) is 0 Å². The number of aryl methyl sites for hydroxylation is 5. The van der Waals surface area contributed by atoms with Crippen molar-refractivity contribution in [3.05, 3.63) is 206 Å². The minimum atomic E-state index is -0.335. The zero-order chi connectivity index (χ0) is 68.2. The summed E-state index contributed by atoms with van der Waals surface area (Å²) in [5.41, 5.74) is 35.0. The van der Waals surface area contributed by atoms with Crippen molar-refractivity contribution in [2.75, 3.05) is 4.90 Å². The fourth-order valence-corrected chi connectivity index (χ4v) is 19.3. The van der Waals surface area contributed by atoms with Crippen LogP contribution in [0.2, 0.25) is 0 Å². The van der Waals surface area contributed by atoms with Gasteiger partial charge in [-0.3, -0.25) is 0 Å². The van der Waals surface area contributed by atoms with Gasteiger partial charge in [-0.15, -0.1) is 0 Å². The Morgan fingerprint density at radius 1 is 0.357 bits per heavy atom. The smallest absolute Gasteiger partial charge is 0.143 e. The number of unbranched alkanes of at least 4 members (excludes halogenated alkanes) is 16. The summed E-state index contributed by atoms with van der Waals surface area (Å²) in [6, 6.07) is 55.8. The fraction of sp³-hybridized carbons (Fsp3) is 0.432. The summed E-state index contributed by atoms with van der Waals surface area (Å²) in [5.74, 6) is 0.292. The molecular weight excluding hydrogens is 1190 g/mol. The summed E-state index contributed by atoms with van der Waals surface area (Å²) in [6.45, 7) is 30.8. The van der Waals surface area contributed by atoms with Gasteiger partial charge in [-0.2, -0.15) is 0 Å². The lowest BCUT2D eigenvalue weighted by molar-refractivity contribution is 0.396. The lowest BCUT2D eigenvalue weighted by Crippen LogP contribution is -2.27. The number of hydrogen-bond donors (Lipinski definition) is 0. The summed E-state index contributed by atoms with van der Waals surface area (Å²) < 4.78 is 14.0. The minimum absolute atomic E-state index is 0.0967. The van der Waals surface area contributed by atoms with E-state index in [9.17, 15) is 0 Å². The van der Waals surface area contributed by atoms with E-state index in [1.54, 1.807) is 22.3 Å². The molecule has 3 aliphatic rings. The second kappa shape index (κ2) is 27.8. The van der Waals surface area contributed by atoms with Crippen LogP contribution in [0.25, 0.3) is 88.4 Å². The highest BCUT2D eigenvalue weighted by Crippen LogP contribution is 2.64. The Balaban J connectivity index is 1.01. The molecule has 3 heteroatoms. The van der Waals surface area contributed by atoms with Gasteiger partial charge in [0, 0.05) is 54.7 Å². The molecule has 0 amide bonds. The van der Waals surface area contributed by atoms with E-state index in [2.05, 4.69) is 234 Å². The molecule has 0 aliphatic heterocycles. The highest BCUT2D eigenvalue weighted by molar-refractivity contribution is 6.20. The van der Waals surface area contributed by atoms with E-state index in [4.69, 9.17) is 8.83 Å². The van der Waals surface area contributed by atoms with E-state index in [-0.39, 0.29) is 16.2 Å². The number of para-hydroxylation sites is 2. The Bertz CT molecular complexity index is 4770. The van der Waals surface area contributed by atoms with Crippen molar-refractivity contribution in [1.29, 1.82) is 0 Å². The molecule has 14 rings (SSSR count). The first kappa shape index (κ1) is 67.6. The predicted molar refractivity (Wildman–Crippen MR) is 422 cm³/mol. The van der Waals surface area contributed by atoms with Crippen molar-refractivity contribution in [3.8, 4) is 44.5 Å². The van der Waals surface area contributed by atoms with Gasteiger partial charge in [0.2, 0.25) is 0 Å². The molecule has 2 aromatic heterocycles. The number of furan rings is 2. The molecule has 2 heterocycles. The molecule has 98 heavy (non-hydrogen) atoms. The summed E-state index contributed by atoms with van der Waals surface area (Å²) in [4.78, 5) is 2.75. The number of rotatable bonds is 29. The van der Waals surface area contributed by atoms with Gasteiger partial charge < -0.3 is 13.7 Å². The van der Waals surface area contributed by atoms with Crippen molar-refractivity contribution in [1.82, 2.24) is 0 Å². The summed E-state index contributed by atoms with van der Waals surface area (Å²) in [7, 11) is 0. The van der Waals surface area contributed by atoms with Gasteiger partial charge in [0.1, 0.15) is 22.3 Å². The minimum Gasteiger partial charge on any atom is -0.456 e. The normalized spacial score (nSPS) is 15.4. The Labute approximate surface area is 588 Å². The molecule has 3 aliphatic carbocycles. The third kappa shape index (κ3) is 11.6. The van der Waals surface area contributed by atoms with Crippen LogP contribution < -0.4 is 4.90 Å². The molecule has 0 saturated carbocycles. The zero-order valence-electron chi connectivity index (χ0n) is 62.1. The maximum absolute atomic E-state index is 7.09. The first-order valence-corrected chi connectivity index (χ1v) is 39.0. The van der Waals surface area contributed by atoms with Crippen LogP contribution in [0.3, 0.4) is 0 Å². The first-order valence-electron chi connectivity index (χ1n) is 39.0. The largest absolute Gasteiger partial charge is 0.456 e. The summed E-state index contributed by atoms with van der Waals surface area (Å²) >= 11 is 0. The molecule has 1 unspecified atom stereocenters. The summed E-state index contributed by atoms with van der Waals surface area (Å²) in [6.07, 6.45) is 30.1. The molecule has 0 spiro atoms. The van der Waals surface area contributed by atoms with Gasteiger partial charge in [0.25, 0.3) is 0 Å². The first-order chi connectivity index (χ1) is 47.6. The van der Waals surface area contributed by atoms with Crippen molar-refractivity contribution in [2.24, 2.45) is 0 Å². The molecular formula is C95H111NO2. The lowest BCUT2D eigenvalue weighted by Gasteiger charge is -2.36. The second-order valence-electron chi connectivity index (χ2n) is 31.7. The molecule has 0 bridgehead atoms. The second-order valence-corrected chi connectivity index (χ2v) is 31.7. The summed E-state index contributed by atoms with van der Waals surface area (Å²) in [5, 5.41) is 4.99. The third-order valence-electron chi connectivity index (χ3n) is 24.2. The van der Waals surface area contributed by atoms with Crippen LogP contribution in [-0.2, 0) is 16.2 Å². The van der Waals surface area contributed by atoms with Crippen LogP contribution >= 0.6 is 0 Å². The molecule has 0 radical (unpaired) electrons. The molecule has 0 saturated heterocycles. The van der Waals surface area contributed by atoms with Gasteiger partial charge >= 0.3 is 0 Å². The predicted octanol–water partition coefficient (Wildman–Crippen LogP) is 29.6. The SMILES string of the molecule is CCCCCCCCC1(CCCCCCCC)c2cc(N(c3cc(C)c4c(c3)C(C)(C)c3cc(-c5ccc(C)cc5C)c5oc6ccccc6c5c3-4)c3c(C)cc(C)cc3C(C)C)ccc2-c2cc3c(cc21)-c1c(ccc2oc4ccccc4c12)C3(CCCC)CCCCCCCC. The van der Waals surface area contributed by atoms with E-state index in [1.165, 1.54) is 262 Å². The number of benzene rings is 9. The van der Waals surface area contributed by atoms with Crippen LogP contribution in [0.15, 0.2) is 148 Å². The number of nitrogens with zero attached hydrogens (tertiary/aromatic N) is 1. The van der Waals surface area contributed by atoms with Gasteiger partial charge in [-0.1, -0.05) is 274 Å². The maximum atomic E-state index is 7.09. The van der Waals surface area contributed by atoms with Crippen LogP contribution in [-0.4, -0.2) is 0 Å². The Morgan fingerprint density at radius 2 is 0.878 bits per heavy atom. The molecule has 1 atom stereocenters. The van der Waals surface area contributed by atoms with Crippen LogP contribution in [0, 0.1) is 34.6 Å². The van der Waals surface area contributed by atoms with Gasteiger partial charge in [0.05, 0.1) is 5.69 Å². The topological polar surface area (TPSA) is 29.5 Å². The average Bonchev–Trinajstić information content (AvgIpc) is 1.53. The Hall–Kier alpha value is -7.62. The highest BCUT2D eigenvalue weighted by Gasteiger charge is 2.49. The van der Waals surface area contributed by atoms with Crippen LogP contribution in [0.4, 0.5) is 17.1 Å². The van der Waals surface area contributed by atoms with E-state index in [0.717, 1.165) is 41.6 Å². The van der Waals surface area contributed by atoms with Gasteiger partial charge in [-0.25, -0.2) is 0 Å². The van der Waals surface area contributed by atoms with E-state index >= 15 is 0 Å². The number of hydrogen-bond acceptors (Lipinski definition) is 3. The van der Waals surface area contributed by atoms with Crippen molar-refractivity contribution in [2.45, 2.75) is 266 Å². The molecule has 0 fully saturated rings. The van der Waals surface area contributed by atoms with E-state index in [1.807, 2.05) is 0 Å². The van der Waals surface area contributed by atoms with Gasteiger partial charge in [0.15, 0.2) is 0 Å². The van der Waals surface area contributed by atoms with Gasteiger partial charge in [-0.05, 0) is 221 Å². The number of anilines is 3. The maximum Gasteiger partial charge on any atom is 0.143 e. The zero-order valence-corrected chi connectivity index (χ0v) is 62.1. The van der Waals surface area contributed by atoms with Crippen LogP contribution in [0.1, 0.15) is 282 Å². The molecule has 508 valence electrons. The Kier molecular flexibility index (Phi) is 19.2. The molecule has 9 aromatic carbocycles. The molecule has 11 aromatic rings. The molecule has 3 nitrogen and oxygen atoms in total. The fourth-order valence-electron chi connectivity index (χ4n) is 19.3. The third-order valence-corrected chi connectivity index (χ3v) is 24.2. The number of fused-ring (bicyclic) bond motifs is 17. The Morgan fingerprint density at radius 3 is 1.52 bits per heavy atom. The van der Waals surface area contributed by atoms with E-state index in [0.29, 0.717) is 5.92 Å². The van der Waals surface area contributed by atoms with Crippen LogP contribution in [0.5, 0.6) is 0 Å². The van der Waals surface area contributed by atoms with E-state index < -0.39 is 0 Å². The lowest BCUT2D eigenvalue weighted by atomic mass is 9.68. The standard InChI is InChI=1S/C95H111NO2/c1-14-18-22-25-28-35-49-94(48-21-17-4)77-46-47-85-88(71-38-31-33-40-83(71)97-85)87(77)76-60-79-74(58-80(76)94)70-45-43-67(56-78(70)95(79,50-36-29-26-23-19-15-2)51-37-30-27-24-20-16-3)96(91-66(11)53-63(8)54-73(91)61(5)6)68-55-65(10)86-81(57-68)93(12,13)82-59-75(69-44-42-62(7)52-64(69)9)92-89(90(82)86)72-39-32-34-41-84(72)98-92/h31-34,38-47,52-61H,14-30,35-37,48-51H2,1-13H3.